The predicted molar refractivity (Wildman–Crippen MR) is 263 cm³/mol. The molecule has 1 fully saturated rings. The molecule has 74 heavy (non-hydrogen) atoms. The summed E-state index contributed by atoms with van der Waals surface area (Å²) in [4.78, 5) is 140. The minimum atomic E-state index is -1.72. The van der Waals surface area contributed by atoms with E-state index in [4.69, 9.17) is 22.6 Å². The van der Waals surface area contributed by atoms with E-state index in [1.54, 1.807) is 30.3 Å². The lowest BCUT2D eigenvalue weighted by Crippen LogP contribution is -2.60. The molecule has 0 saturated carbocycles. The van der Waals surface area contributed by atoms with E-state index in [0.717, 1.165) is 6.92 Å². The van der Waals surface area contributed by atoms with Crippen molar-refractivity contribution in [1.82, 2.24) is 57.4 Å². The van der Waals surface area contributed by atoms with E-state index in [1.807, 2.05) is 13.8 Å². The van der Waals surface area contributed by atoms with E-state index in [1.165, 1.54) is 17.4 Å². The van der Waals surface area contributed by atoms with E-state index in [2.05, 4.69) is 52.5 Å². The van der Waals surface area contributed by atoms with Crippen LogP contribution in [0.5, 0.6) is 0 Å². The molecular formula is C46H71N15O13. The SMILES string of the molecule is CC(C)C[C@H](N)C(=O)N[C@@H](CCC(N)=O)C(=O)NCC(=O)N[C@@H](CO)C(=O)N[C@@H](Cc1c[nH]cn1)C(=O)N[C@@H](Cc1ccccc1)C(=O)N1CCC[C@H]1C(=O)N[C@@H](CCCNC(=N)N)C(=O)N[C@H](C(=O)O)[C@@H](C)O. The van der Waals surface area contributed by atoms with Crippen molar-refractivity contribution in [3.05, 3.63) is 54.1 Å². The number of aliphatic hydroxyl groups is 2. The number of nitrogens with zero attached hydrogens (tertiary/aromatic N) is 2. The zero-order chi connectivity index (χ0) is 55.1. The number of carbonyl (C=O) groups is 10. The summed E-state index contributed by atoms with van der Waals surface area (Å²) in [5, 5.41) is 56.8. The van der Waals surface area contributed by atoms with Gasteiger partial charge in [-0.2, -0.15) is 0 Å². The summed E-state index contributed by atoms with van der Waals surface area (Å²) in [6.45, 7) is 3.25. The molecule has 1 saturated heterocycles. The van der Waals surface area contributed by atoms with Gasteiger partial charge in [0.1, 0.15) is 36.3 Å². The molecule has 2 aromatic rings. The van der Waals surface area contributed by atoms with Crippen LogP contribution in [0.4, 0.5) is 0 Å². The number of aliphatic carboxylic acids is 1. The maximum absolute atomic E-state index is 14.6. The van der Waals surface area contributed by atoms with Crippen LogP contribution in [0.15, 0.2) is 42.9 Å². The largest absolute Gasteiger partial charge is 0.480 e. The number of carboxylic acid groups (broad SMARTS) is 1. The van der Waals surface area contributed by atoms with Crippen LogP contribution >= 0.6 is 0 Å². The van der Waals surface area contributed by atoms with Crippen LogP contribution in [0.2, 0.25) is 0 Å². The second-order valence-corrected chi connectivity index (χ2v) is 18.2. The normalized spacial score (nSPS) is 16.4. The smallest absolute Gasteiger partial charge is 0.328 e. The Hall–Kier alpha value is -7.72. The number of guanidine groups is 1. The third-order valence-corrected chi connectivity index (χ3v) is 11.6. The summed E-state index contributed by atoms with van der Waals surface area (Å²) in [5.41, 5.74) is 17.4. The van der Waals surface area contributed by atoms with Gasteiger partial charge in [0.25, 0.3) is 0 Å². The number of carboxylic acids is 1. The molecule has 3 rings (SSSR count). The molecule has 0 spiro atoms. The number of amides is 9. The van der Waals surface area contributed by atoms with Crippen molar-refractivity contribution in [2.75, 3.05) is 26.2 Å². The molecule has 2 heterocycles. The quantitative estimate of drug-likeness (QED) is 0.0190. The number of aliphatic hydroxyl groups excluding tert-OH is 2. The molecule has 0 radical (unpaired) electrons. The van der Waals surface area contributed by atoms with Crippen molar-refractivity contribution < 1.29 is 63.3 Å². The Morgan fingerprint density at radius 2 is 1.43 bits per heavy atom. The highest BCUT2D eigenvalue weighted by atomic mass is 16.4. The van der Waals surface area contributed by atoms with Gasteiger partial charge in [-0.3, -0.25) is 48.6 Å². The van der Waals surface area contributed by atoms with Crippen LogP contribution in [-0.2, 0) is 60.8 Å². The second-order valence-electron chi connectivity index (χ2n) is 18.2. The third kappa shape index (κ3) is 20.4. The van der Waals surface area contributed by atoms with E-state index in [-0.39, 0.29) is 75.6 Å². The van der Waals surface area contributed by atoms with Gasteiger partial charge < -0.3 is 84.9 Å². The number of benzene rings is 1. The lowest BCUT2D eigenvalue weighted by molar-refractivity contribution is -0.145. The monoisotopic (exact) mass is 1040 g/mol. The van der Waals surface area contributed by atoms with Gasteiger partial charge in [0.15, 0.2) is 12.0 Å². The number of carbonyl (C=O) groups excluding carboxylic acids is 9. The first-order valence-electron chi connectivity index (χ1n) is 24.1. The van der Waals surface area contributed by atoms with Crippen LogP contribution in [0.1, 0.15) is 77.0 Å². The average Bonchev–Trinajstić information content (AvgIpc) is 4.06. The number of aromatic nitrogens is 2. The number of hydrogen-bond donors (Lipinski definition) is 16. The number of likely N-dealkylation sites (tertiary alicyclic amines) is 1. The lowest BCUT2D eigenvalue weighted by atomic mass is 10.0. The van der Waals surface area contributed by atoms with Crippen LogP contribution in [0.3, 0.4) is 0 Å². The summed E-state index contributed by atoms with van der Waals surface area (Å²) >= 11 is 0. The molecule has 19 N–H and O–H groups in total. The fraction of sp³-hybridized carbons (Fsp3) is 0.565. The molecule has 1 aliphatic rings. The van der Waals surface area contributed by atoms with Crippen LogP contribution in [0, 0.1) is 11.3 Å². The Balaban J connectivity index is 1.82. The molecule has 408 valence electrons. The molecule has 28 nitrogen and oxygen atoms in total. The van der Waals surface area contributed by atoms with Crippen molar-refractivity contribution >= 4 is 65.1 Å². The first-order valence-corrected chi connectivity index (χ1v) is 24.1. The number of aromatic amines is 1. The van der Waals surface area contributed by atoms with Gasteiger partial charge >= 0.3 is 5.97 Å². The maximum atomic E-state index is 14.6. The number of primary amides is 1. The summed E-state index contributed by atoms with van der Waals surface area (Å²) in [6.07, 6.45) is 1.20. The van der Waals surface area contributed by atoms with Crippen molar-refractivity contribution in [3.63, 3.8) is 0 Å². The van der Waals surface area contributed by atoms with E-state index in [0.29, 0.717) is 18.4 Å². The molecule has 9 amide bonds. The van der Waals surface area contributed by atoms with Gasteiger partial charge in [-0.1, -0.05) is 44.2 Å². The van der Waals surface area contributed by atoms with Crippen molar-refractivity contribution in [2.45, 2.75) is 133 Å². The maximum Gasteiger partial charge on any atom is 0.328 e. The molecule has 28 heteroatoms. The van der Waals surface area contributed by atoms with Crippen LogP contribution < -0.4 is 59.7 Å². The average molecular weight is 1040 g/mol. The van der Waals surface area contributed by atoms with Crippen LogP contribution in [-0.4, -0.2) is 176 Å². The molecule has 0 bridgehead atoms. The molecule has 0 aliphatic carbocycles. The van der Waals surface area contributed by atoms with Gasteiger partial charge in [0.05, 0.1) is 37.3 Å². The summed E-state index contributed by atoms with van der Waals surface area (Å²) < 4.78 is 0. The number of imidazole rings is 1. The van der Waals surface area contributed by atoms with E-state index >= 15 is 0 Å². The first-order chi connectivity index (χ1) is 35.0. The number of nitrogens with two attached hydrogens (primary N) is 3. The van der Waals surface area contributed by atoms with Crippen molar-refractivity contribution in [3.8, 4) is 0 Å². The highest BCUT2D eigenvalue weighted by Gasteiger charge is 2.40. The molecule has 9 atom stereocenters. The number of hydrogen-bond acceptors (Lipinski definition) is 15. The Kier molecular flexibility index (Phi) is 24.8. The van der Waals surface area contributed by atoms with Gasteiger partial charge in [-0.05, 0) is 56.9 Å². The Morgan fingerprint density at radius 1 is 0.797 bits per heavy atom. The molecular weight excluding hydrogens is 971 g/mol. The lowest BCUT2D eigenvalue weighted by Gasteiger charge is -2.31. The van der Waals surface area contributed by atoms with Gasteiger partial charge in [0.2, 0.25) is 53.2 Å². The number of H-pyrrole nitrogens is 1. The highest BCUT2D eigenvalue weighted by molar-refractivity contribution is 5.98. The second kappa shape index (κ2) is 30.3. The van der Waals surface area contributed by atoms with Gasteiger partial charge in [-0.15, -0.1) is 0 Å². The van der Waals surface area contributed by atoms with Crippen molar-refractivity contribution in [2.24, 2.45) is 23.1 Å². The molecule has 1 aromatic carbocycles. The summed E-state index contributed by atoms with van der Waals surface area (Å²) in [7, 11) is 0. The third-order valence-electron chi connectivity index (χ3n) is 11.6. The standard InChI is InChI=1S/C46H71N15O13/c1-24(2)17-28(47)38(66)56-30(13-14-35(48)64)39(67)53-21-36(65)55-33(22-62)42(70)58-31(19-27-20-51-23-54-27)41(69)59-32(18-26-9-5-4-6-10-26)44(72)61-16-8-12-34(61)43(71)57-29(11-7-15-52-46(49)50)40(68)60-37(25(3)63)45(73)74/h4-6,9-10,20,23-25,28-34,37,62-63H,7-8,11-19,21-22,47H2,1-3H3,(H2,48,64)(H,51,54)(H,53,67)(H,55,65)(H,56,66)(H,57,71)(H,58,70)(H,59,69)(H,60,68)(H,73,74)(H4,49,50,52)/t25-,28+,29+,30+,31+,32+,33+,34+,37+/m1/s1. The van der Waals surface area contributed by atoms with Crippen LogP contribution in [0.25, 0.3) is 0 Å². The first kappa shape index (κ1) is 60.6. The van der Waals surface area contributed by atoms with Gasteiger partial charge in [0, 0.05) is 38.5 Å². The molecule has 1 aromatic heterocycles. The Bertz CT molecular complexity index is 2250. The highest BCUT2D eigenvalue weighted by Crippen LogP contribution is 2.21. The van der Waals surface area contributed by atoms with Gasteiger partial charge in [-0.25, -0.2) is 9.78 Å². The van der Waals surface area contributed by atoms with E-state index in [9.17, 15) is 63.3 Å². The predicted octanol–water partition coefficient (Wildman–Crippen LogP) is -5.43. The minimum Gasteiger partial charge on any atom is -0.480 e. The molecule has 1 aliphatic heterocycles. The van der Waals surface area contributed by atoms with Crippen molar-refractivity contribution in [1.29, 1.82) is 5.41 Å². The summed E-state index contributed by atoms with van der Waals surface area (Å²) in [6, 6.07) is -2.60. The fourth-order valence-corrected chi connectivity index (χ4v) is 7.81. The topological polar surface area (TPSA) is 461 Å². The molecule has 0 unspecified atom stereocenters. The zero-order valence-electron chi connectivity index (χ0n) is 41.6. The Morgan fingerprint density at radius 3 is 2.03 bits per heavy atom. The minimum absolute atomic E-state index is 0.0431. The summed E-state index contributed by atoms with van der Waals surface area (Å²) in [5.74, 6) is -9.51. The number of rotatable bonds is 31. The number of nitrogens with one attached hydrogen (secondary N) is 10. The van der Waals surface area contributed by atoms with E-state index < -0.39 is 127 Å². The zero-order valence-corrected chi connectivity index (χ0v) is 41.6. The fourth-order valence-electron chi connectivity index (χ4n) is 7.81. The Labute approximate surface area is 426 Å².